The van der Waals surface area contributed by atoms with Crippen LogP contribution in [0.25, 0.3) is 0 Å². The van der Waals surface area contributed by atoms with Crippen LogP contribution in [0.2, 0.25) is 0 Å². The zero-order chi connectivity index (χ0) is 17.8. The summed E-state index contributed by atoms with van der Waals surface area (Å²) in [6.07, 6.45) is 2.59. The van der Waals surface area contributed by atoms with E-state index in [0.717, 1.165) is 5.57 Å². The van der Waals surface area contributed by atoms with Crippen molar-refractivity contribution in [1.29, 1.82) is 0 Å². The molecule has 4 aliphatic carbocycles. The van der Waals surface area contributed by atoms with Gasteiger partial charge >= 0.3 is 5.97 Å². The molecule has 2 saturated carbocycles. The summed E-state index contributed by atoms with van der Waals surface area (Å²) in [6, 6.07) is 0. The molecule has 1 N–H and O–H groups in total. The van der Waals surface area contributed by atoms with Crippen LogP contribution in [0.3, 0.4) is 0 Å². The third kappa shape index (κ3) is 2.46. The Hall–Kier alpha value is -2.04. The second-order valence-corrected chi connectivity index (χ2v) is 7.49. The molecule has 0 saturated heterocycles. The van der Waals surface area contributed by atoms with E-state index in [9.17, 15) is 24.3 Å². The molecule has 6 atom stereocenters. The Balaban J connectivity index is 2.14. The Morgan fingerprint density at radius 3 is 2.38 bits per heavy atom. The molecule has 0 aliphatic heterocycles. The van der Waals surface area contributed by atoms with Gasteiger partial charge in [0.15, 0.2) is 5.78 Å². The Labute approximate surface area is 140 Å². The van der Waals surface area contributed by atoms with E-state index >= 15 is 0 Å². The standard InChI is InChI=1S/C19H22O5/c1-8(2)10-4-13-16(19(23)24)11-5-12(9(3)20)17(15(22)7-11)18(13)14(21)6-10/h5,10-11,13,16-18H,1,4,6-7H2,2-3H3,(H,23,24)/t10-,11+,13+,16+,17-,18+/m1/s1. The lowest BCUT2D eigenvalue weighted by Gasteiger charge is -2.39. The van der Waals surface area contributed by atoms with Gasteiger partial charge in [-0.3, -0.25) is 19.2 Å². The van der Waals surface area contributed by atoms with Crippen molar-refractivity contribution < 1.29 is 24.3 Å². The molecule has 0 unspecified atom stereocenters. The number of hydrogen-bond acceptors (Lipinski definition) is 4. The first-order chi connectivity index (χ1) is 11.2. The monoisotopic (exact) mass is 330 g/mol. The molecule has 0 radical (unpaired) electrons. The Bertz CT molecular complexity index is 686. The lowest BCUT2D eigenvalue weighted by molar-refractivity contribution is -0.148. The summed E-state index contributed by atoms with van der Waals surface area (Å²) < 4.78 is 0. The molecular weight excluding hydrogens is 308 g/mol. The van der Waals surface area contributed by atoms with Gasteiger partial charge in [-0.15, -0.1) is 0 Å². The highest BCUT2D eigenvalue weighted by Gasteiger charge is 2.56. The first-order valence-electron chi connectivity index (χ1n) is 8.38. The van der Waals surface area contributed by atoms with E-state index in [4.69, 9.17) is 0 Å². The average Bonchev–Trinajstić information content (AvgIpc) is 2.68. The second-order valence-electron chi connectivity index (χ2n) is 7.49. The molecule has 2 bridgehead atoms. The number of carboxylic acid groups (broad SMARTS) is 1. The zero-order valence-corrected chi connectivity index (χ0v) is 14.0. The molecule has 4 aliphatic rings. The van der Waals surface area contributed by atoms with Gasteiger partial charge in [0.25, 0.3) is 0 Å². The second kappa shape index (κ2) is 5.80. The quantitative estimate of drug-likeness (QED) is 0.802. The molecule has 4 rings (SSSR count). The van der Waals surface area contributed by atoms with E-state index in [1.807, 2.05) is 6.92 Å². The van der Waals surface area contributed by atoms with Crippen molar-refractivity contribution >= 4 is 23.3 Å². The van der Waals surface area contributed by atoms with Gasteiger partial charge in [-0.05, 0) is 38.0 Å². The van der Waals surface area contributed by atoms with Gasteiger partial charge in [-0.2, -0.15) is 0 Å². The van der Waals surface area contributed by atoms with E-state index in [1.54, 1.807) is 6.08 Å². The predicted molar refractivity (Wildman–Crippen MR) is 86.0 cm³/mol. The summed E-state index contributed by atoms with van der Waals surface area (Å²) in [7, 11) is 0. The van der Waals surface area contributed by atoms with Crippen molar-refractivity contribution in [2.75, 3.05) is 0 Å². The maximum absolute atomic E-state index is 12.8. The Kier molecular flexibility index (Phi) is 4.06. The van der Waals surface area contributed by atoms with Crippen molar-refractivity contribution in [3.8, 4) is 0 Å². The van der Waals surface area contributed by atoms with Crippen LogP contribution in [-0.4, -0.2) is 28.4 Å². The van der Waals surface area contributed by atoms with Gasteiger partial charge < -0.3 is 5.11 Å². The van der Waals surface area contributed by atoms with Crippen LogP contribution in [0.4, 0.5) is 0 Å². The van der Waals surface area contributed by atoms with Crippen molar-refractivity contribution in [3.63, 3.8) is 0 Å². The van der Waals surface area contributed by atoms with Crippen LogP contribution in [-0.2, 0) is 19.2 Å². The smallest absolute Gasteiger partial charge is 0.307 e. The van der Waals surface area contributed by atoms with E-state index < -0.39 is 35.6 Å². The van der Waals surface area contributed by atoms with E-state index in [0.29, 0.717) is 12.0 Å². The fourth-order valence-corrected chi connectivity index (χ4v) is 4.93. The first-order valence-corrected chi connectivity index (χ1v) is 8.38. The molecule has 5 nitrogen and oxygen atoms in total. The van der Waals surface area contributed by atoms with Crippen LogP contribution in [0.5, 0.6) is 0 Å². The number of hydrogen-bond donors (Lipinski definition) is 1. The summed E-state index contributed by atoms with van der Waals surface area (Å²) >= 11 is 0. The number of Topliss-reactive ketones (excluding diaryl/α,β-unsaturated/α-hetero) is 3. The van der Waals surface area contributed by atoms with Crippen molar-refractivity contribution in [3.05, 3.63) is 23.8 Å². The maximum Gasteiger partial charge on any atom is 0.307 e. The van der Waals surface area contributed by atoms with Crippen LogP contribution < -0.4 is 0 Å². The van der Waals surface area contributed by atoms with Crippen LogP contribution in [0.1, 0.15) is 33.1 Å². The van der Waals surface area contributed by atoms with Gasteiger partial charge in [0, 0.05) is 24.3 Å². The van der Waals surface area contributed by atoms with Crippen LogP contribution in [0.15, 0.2) is 23.8 Å². The molecule has 0 aromatic heterocycles. The third-order valence-electron chi connectivity index (χ3n) is 6.02. The molecule has 2 fully saturated rings. The largest absolute Gasteiger partial charge is 0.481 e. The minimum absolute atomic E-state index is 0.0472. The van der Waals surface area contributed by atoms with Crippen molar-refractivity contribution in [2.45, 2.75) is 33.1 Å². The molecule has 128 valence electrons. The van der Waals surface area contributed by atoms with Gasteiger partial charge in [-0.25, -0.2) is 0 Å². The minimum atomic E-state index is -0.986. The average molecular weight is 330 g/mol. The molecule has 0 spiro atoms. The van der Waals surface area contributed by atoms with Crippen molar-refractivity contribution in [1.82, 2.24) is 0 Å². The summed E-state index contributed by atoms with van der Waals surface area (Å²) in [6.45, 7) is 7.16. The van der Waals surface area contributed by atoms with Gasteiger partial charge in [-0.1, -0.05) is 18.2 Å². The maximum atomic E-state index is 12.8. The Morgan fingerprint density at radius 2 is 1.83 bits per heavy atom. The van der Waals surface area contributed by atoms with E-state index in [-0.39, 0.29) is 36.1 Å². The SMILES string of the molecule is C=C(C)[C@H]1CC(=O)[C@H]2[C@H]3C(=O)C[C@H](C=C3C(C)=O)[C@H](C(=O)O)[C@@H]2C1. The number of rotatable bonds is 3. The topological polar surface area (TPSA) is 88.5 Å². The minimum Gasteiger partial charge on any atom is -0.481 e. The highest BCUT2D eigenvalue weighted by Crippen LogP contribution is 2.52. The van der Waals surface area contributed by atoms with E-state index in [1.165, 1.54) is 6.92 Å². The lowest BCUT2D eigenvalue weighted by Crippen LogP contribution is -2.44. The summed E-state index contributed by atoms with van der Waals surface area (Å²) in [5, 5.41) is 9.79. The Morgan fingerprint density at radius 1 is 1.17 bits per heavy atom. The molecule has 5 heteroatoms. The fourth-order valence-electron chi connectivity index (χ4n) is 4.93. The van der Waals surface area contributed by atoms with Gasteiger partial charge in [0.05, 0.1) is 11.8 Å². The highest BCUT2D eigenvalue weighted by atomic mass is 16.4. The third-order valence-corrected chi connectivity index (χ3v) is 6.02. The number of fused-ring (bicyclic) bond motifs is 1. The van der Waals surface area contributed by atoms with Gasteiger partial charge in [0.2, 0.25) is 0 Å². The summed E-state index contributed by atoms with van der Waals surface area (Å²) in [4.78, 5) is 49.4. The number of ketones is 3. The molecule has 0 heterocycles. The molecular formula is C19H22O5. The van der Waals surface area contributed by atoms with Crippen LogP contribution in [0, 0.1) is 35.5 Å². The van der Waals surface area contributed by atoms with Gasteiger partial charge in [0.1, 0.15) is 11.6 Å². The lowest BCUT2D eigenvalue weighted by atomic mass is 9.62. The molecule has 0 amide bonds. The summed E-state index contributed by atoms with van der Waals surface area (Å²) in [5.74, 6) is -4.69. The van der Waals surface area contributed by atoms with E-state index in [2.05, 4.69) is 6.58 Å². The summed E-state index contributed by atoms with van der Waals surface area (Å²) in [5.41, 5.74) is 1.21. The number of allylic oxidation sites excluding steroid dienone is 3. The fraction of sp³-hybridized carbons (Fsp3) is 0.579. The van der Waals surface area contributed by atoms with Crippen LogP contribution >= 0.6 is 0 Å². The van der Waals surface area contributed by atoms with Crippen molar-refractivity contribution in [2.24, 2.45) is 35.5 Å². The molecule has 0 aromatic carbocycles. The number of carboxylic acids is 1. The first kappa shape index (κ1) is 16.8. The number of aliphatic carboxylic acids is 1. The molecule has 0 aromatic rings. The normalized spacial score (nSPS) is 38.2. The highest BCUT2D eigenvalue weighted by molar-refractivity contribution is 6.05. The predicted octanol–water partition coefficient (Wildman–Crippen LogP) is 2.21. The zero-order valence-electron chi connectivity index (χ0n) is 14.0. The molecule has 24 heavy (non-hydrogen) atoms. The number of carbonyl (C=O) groups is 4. The number of carbonyl (C=O) groups excluding carboxylic acids is 3.